The third kappa shape index (κ3) is 3.85. The first-order valence-electron chi connectivity index (χ1n) is 7.56. The molecule has 1 aromatic carbocycles. The molecule has 2 heterocycles. The number of halogens is 1. The smallest absolute Gasteiger partial charge is 0.175 e. The van der Waals surface area contributed by atoms with Crippen LogP contribution in [0, 0.1) is 11.3 Å². The molecule has 2 N–H and O–H groups in total. The zero-order chi connectivity index (χ0) is 17.8. The third-order valence-electron chi connectivity index (χ3n) is 3.90. The summed E-state index contributed by atoms with van der Waals surface area (Å²) in [4.78, 5) is 17.0. The number of carbonyl (C=O) groups is 1. The number of nitrogens with zero attached hydrogens (tertiary/aromatic N) is 1. The number of benzene rings is 1. The van der Waals surface area contributed by atoms with Gasteiger partial charge in [-0.25, -0.2) is 0 Å². The Morgan fingerprint density at radius 3 is 2.52 bits per heavy atom. The standard InChI is InChI=1S/C19H15ClN2O2S/c20-15-5-3-12(4-6-15)17(21)16(19(24)14-7-9-25-11-14)18(23)13-2-1-8-22-10-13/h1-11,16,18,21,23H. The van der Waals surface area contributed by atoms with Crippen LogP contribution in [-0.4, -0.2) is 21.6 Å². The highest BCUT2D eigenvalue weighted by Crippen LogP contribution is 2.29. The number of carbonyl (C=O) groups excluding carboxylic acids is 1. The number of hydrogen-bond acceptors (Lipinski definition) is 5. The number of pyridine rings is 1. The molecule has 0 bridgehead atoms. The third-order valence-corrected chi connectivity index (χ3v) is 4.83. The summed E-state index contributed by atoms with van der Waals surface area (Å²) in [5.41, 5.74) is 1.57. The molecule has 0 fully saturated rings. The van der Waals surface area contributed by atoms with E-state index in [1.807, 2.05) is 0 Å². The van der Waals surface area contributed by atoms with Gasteiger partial charge in [-0.2, -0.15) is 11.3 Å². The molecule has 0 spiro atoms. The van der Waals surface area contributed by atoms with Crippen LogP contribution in [0.3, 0.4) is 0 Å². The highest BCUT2D eigenvalue weighted by molar-refractivity contribution is 7.08. The molecule has 126 valence electrons. The van der Waals surface area contributed by atoms with Gasteiger partial charge in [0, 0.05) is 28.4 Å². The lowest BCUT2D eigenvalue weighted by molar-refractivity contribution is 0.0793. The largest absolute Gasteiger partial charge is 0.387 e. The van der Waals surface area contributed by atoms with Gasteiger partial charge in [0.05, 0.1) is 17.7 Å². The summed E-state index contributed by atoms with van der Waals surface area (Å²) in [7, 11) is 0. The van der Waals surface area contributed by atoms with E-state index in [1.54, 1.807) is 59.4 Å². The minimum atomic E-state index is -1.16. The molecule has 3 aromatic rings. The second-order valence-corrected chi connectivity index (χ2v) is 6.72. The number of rotatable bonds is 6. The van der Waals surface area contributed by atoms with E-state index in [4.69, 9.17) is 17.0 Å². The van der Waals surface area contributed by atoms with Gasteiger partial charge < -0.3 is 10.5 Å². The molecule has 2 atom stereocenters. The van der Waals surface area contributed by atoms with Crippen LogP contribution in [-0.2, 0) is 0 Å². The SMILES string of the molecule is N=C(c1ccc(Cl)cc1)C(C(=O)c1ccsc1)C(O)c1cccnc1. The zero-order valence-corrected chi connectivity index (χ0v) is 14.7. The average molecular weight is 371 g/mol. The number of nitrogens with one attached hydrogen (secondary N) is 1. The van der Waals surface area contributed by atoms with Crippen LogP contribution in [0.25, 0.3) is 0 Å². The molecule has 6 heteroatoms. The van der Waals surface area contributed by atoms with E-state index in [2.05, 4.69) is 4.98 Å². The topological polar surface area (TPSA) is 74.0 Å². The molecular formula is C19H15ClN2O2S. The Morgan fingerprint density at radius 2 is 1.92 bits per heavy atom. The first-order valence-corrected chi connectivity index (χ1v) is 8.89. The minimum Gasteiger partial charge on any atom is -0.387 e. The van der Waals surface area contributed by atoms with Crippen LogP contribution in [0.5, 0.6) is 0 Å². The highest BCUT2D eigenvalue weighted by Gasteiger charge is 2.33. The van der Waals surface area contributed by atoms with Gasteiger partial charge in [0.15, 0.2) is 5.78 Å². The molecule has 2 unspecified atom stereocenters. The lowest BCUT2D eigenvalue weighted by Gasteiger charge is -2.23. The fourth-order valence-electron chi connectivity index (χ4n) is 2.57. The molecule has 2 aromatic heterocycles. The van der Waals surface area contributed by atoms with E-state index in [-0.39, 0.29) is 11.5 Å². The van der Waals surface area contributed by atoms with Crippen molar-refractivity contribution in [3.8, 4) is 0 Å². The summed E-state index contributed by atoms with van der Waals surface area (Å²) in [6.07, 6.45) is 1.94. The maximum Gasteiger partial charge on any atom is 0.175 e. The van der Waals surface area contributed by atoms with Gasteiger partial charge in [-0.1, -0.05) is 29.8 Å². The molecular weight excluding hydrogens is 356 g/mol. The predicted molar refractivity (Wildman–Crippen MR) is 99.6 cm³/mol. The van der Waals surface area contributed by atoms with Gasteiger partial charge in [-0.3, -0.25) is 9.78 Å². The lowest BCUT2D eigenvalue weighted by atomic mass is 9.83. The Bertz CT molecular complexity index is 864. The summed E-state index contributed by atoms with van der Waals surface area (Å²) < 4.78 is 0. The average Bonchev–Trinajstić information content (AvgIpc) is 3.17. The molecule has 0 aliphatic heterocycles. The van der Waals surface area contributed by atoms with Crippen LogP contribution in [0.15, 0.2) is 65.6 Å². The van der Waals surface area contributed by atoms with Crippen molar-refractivity contribution >= 4 is 34.4 Å². The molecule has 0 amide bonds. The van der Waals surface area contributed by atoms with Gasteiger partial charge in [-0.05, 0) is 40.8 Å². The van der Waals surface area contributed by atoms with E-state index in [0.29, 0.717) is 21.7 Å². The summed E-state index contributed by atoms with van der Waals surface area (Å²) in [6, 6.07) is 11.8. The second kappa shape index (κ2) is 7.70. The van der Waals surface area contributed by atoms with E-state index < -0.39 is 12.0 Å². The van der Waals surface area contributed by atoms with Crippen molar-refractivity contribution in [2.45, 2.75) is 6.10 Å². The second-order valence-electron chi connectivity index (χ2n) is 5.51. The number of ketones is 1. The summed E-state index contributed by atoms with van der Waals surface area (Å²) in [5.74, 6) is -1.32. The number of Topliss-reactive ketones (excluding diaryl/α,β-unsaturated/α-hetero) is 1. The van der Waals surface area contributed by atoms with Crippen molar-refractivity contribution in [2.75, 3.05) is 0 Å². The Morgan fingerprint density at radius 1 is 1.16 bits per heavy atom. The maximum atomic E-state index is 13.0. The zero-order valence-electron chi connectivity index (χ0n) is 13.1. The molecule has 0 aliphatic carbocycles. The molecule has 0 aliphatic rings. The van der Waals surface area contributed by atoms with E-state index in [0.717, 1.165) is 0 Å². The van der Waals surface area contributed by atoms with Crippen molar-refractivity contribution in [1.29, 1.82) is 5.41 Å². The fraction of sp³-hybridized carbons (Fsp3) is 0.105. The van der Waals surface area contributed by atoms with Crippen LogP contribution in [0.1, 0.15) is 27.6 Å². The van der Waals surface area contributed by atoms with Crippen molar-refractivity contribution in [2.24, 2.45) is 5.92 Å². The van der Waals surface area contributed by atoms with E-state index in [9.17, 15) is 9.90 Å². The molecule has 0 saturated carbocycles. The summed E-state index contributed by atoms with van der Waals surface area (Å²) >= 11 is 7.30. The van der Waals surface area contributed by atoms with Gasteiger partial charge >= 0.3 is 0 Å². The Kier molecular flexibility index (Phi) is 5.38. The highest BCUT2D eigenvalue weighted by atomic mass is 35.5. The fourth-order valence-corrected chi connectivity index (χ4v) is 3.34. The van der Waals surface area contributed by atoms with Crippen molar-refractivity contribution in [3.05, 3.63) is 87.3 Å². The summed E-state index contributed by atoms with van der Waals surface area (Å²) in [5, 5.41) is 23.4. The van der Waals surface area contributed by atoms with Gasteiger partial charge in [0.2, 0.25) is 0 Å². The monoisotopic (exact) mass is 370 g/mol. The van der Waals surface area contributed by atoms with Crippen molar-refractivity contribution < 1.29 is 9.90 Å². The Labute approximate surface area is 154 Å². The Hall–Kier alpha value is -2.34. The number of thiophene rings is 1. The first kappa shape index (κ1) is 17.5. The van der Waals surface area contributed by atoms with Crippen molar-refractivity contribution in [1.82, 2.24) is 4.98 Å². The summed E-state index contributed by atoms with van der Waals surface area (Å²) in [6.45, 7) is 0. The van der Waals surface area contributed by atoms with E-state index >= 15 is 0 Å². The number of aromatic nitrogens is 1. The van der Waals surface area contributed by atoms with Crippen LogP contribution >= 0.6 is 22.9 Å². The quantitative estimate of drug-likeness (QED) is 0.499. The lowest BCUT2D eigenvalue weighted by Crippen LogP contribution is -2.30. The van der Waals surface area contributed by atoms with E-state index in [1.165, 1.54) is 17.5 Å². The van der Waals surface area contributed by atoms with Crippen LogP contribution in [0.4, 0.5) is 0 Å². The van der Waals surface area contributed by atoms with Gasteiger partial charge in [-0.15, -0.1) is 0 Å². The van der Waals surface area contributed by atoms with Gasteiger partial charge in [0.25, 0.3) is 0 Å². The first-order chi connectivity index (χ1) is 12.1. The number of aliphatic hydroxyl groups excluding tert-OH is 1. The molecule has 0 saturated heterocycles. The number of aliphatic hydroxyl groups is 1. The number of hydrogen-bond donors (Lipinski definition) is 2. The van der Waals surface area contributed by atoms with Crippen LogP contribution in [0.2, 0.25) is 5.02 Å². The van der Waals surface area contributed by atoms with Crippen LogP contribution < -0.4 is 0 Å². The molecule has 4 nitrogen and oxygen atoms in total. The normalized spacial score (nSPS) is 13.2. The predicted octanol–water partition coefficient (Wildman–Crippen LogP) is 4.40. The minimum absolute atomic E-state index is 0.0456. The molecule has 25 heavy (non-hydrogen) atoms. The molecule has 0 radical (unpaired) electrons. The molecule has 3 rings (SSSR count). The maximum absolute atomic E-state index is 13.0. The Balaban J connectivity index is 2.00. The van der Waals surface area contributed by atoms with Crippen molar-refractivity contribution in [3.63, 3.8) is 0 Å². The van der Waals surface area contributed by atoms with Gasteiger partial charge in [0.1, 0.15) is 0 Å².